The third-order valence-electron chi connectivity index (χ3n) is 5.21. The molecule has 4 rings (SSSR count). The van der Waals surface area contributed by atoms with E-state index in [1.807, 2.05) is 29.2 Å². The van der Waals surface area contributed by atoms with E-state index in [2.05, 4.69) is 29.4 Å². The molecule has 0 bridgehead atoms. The number of aromatic nitrogens is 1. The van der Waals surface area contributed by atoms with E-state index in [9.17, 15) is 9.59 Å². The molecule has 0 aliphatic carbocycles. The quantitative estimate of drug-likeness (QED) is 0.566. The van der Waals surface area contributed by atoms with Gasteiger partial charge in [0.2, 0.25) is 0 Å². The highest BCUT2D eigenvalue weighted by Crippen LogP contribution is 2.24. The van der Waals surface area contributed by atoms with Gasteiger partial charge in [0.1, 0.15) is 5.15 Å². The number of carbonyl (C=O) groups is 2. The predicted molar refractivity (Wildman–Crippen MR) is 123 cm³/mol. The van der Waals surface area contributed by atoms with Crippen LogP contribution < -0.4 is 10.2 Å². The molecule has 0 atom stereocenters. The van der Waals surface area contributed by atoms with Crippen molar-refractivity contribution < 1.29 is 9.59 Å². The lowest BCUT2D eigenvalue weighted by Crippen LogP contribution is -2.49. The standard InChI is InChI=1S/C24H23ClN4O2/c1-17-5-2-6-18(15-17)16-28-13-4-14-29(24(28)31)20-10-8-19(9-11-20)27-23(30)21-7-3-12-26-22(21)25/h2-3,5-12,15H,4,13-14,16H2,1H3,(H,27,30). The summed E-state index contributed by atoms with van der Waals surface area (Å²) in [5, 5.41) is 2.97. The average Bonchev–Trinajstić information content (AvgIpc) is 2.76. The zero-order valence-electron chi connectivity index (χ0n) is 17.2. The van der Waals surface area contributed by atoms with E-state index in [1.165, 1.54) is 11.8 Å². The van der Waals surface area contributed by atoms with Crippen LogP contribution in [0.3, 0.4) is 0 Å². The molecule has 158 valence electrons. The first-order valence-electron chi connectivity index (χ1n) is 10.2. The number of aryl methyl sites for hydroxylation is 1. The number of benzene rings is 2. The number of anilines is 2. The molecule has 1 saturated heterocycles. The number of carbonyl (C=O) groups excluding carboxylic acids is 2. The lowest BCUT2D eigenvalue weighted by molar-refractivity contribution is 0.102. The molecular weight excluding hydrogens is 412 g/mol. The highest BCUT2D eigenvalue weighted by atomic mass is 35.5. The lowest BCUT2D eigenvalue weighted by atomic mass is 10.1. The number of pyridine rings is 1. The molecule has 1 aliphatic rings. The van der Waals surface area contributed by atoms with Crippen molar-refractivity contribution in [3.8, 4) is 0 Å². The second-order valence-corrected chi connectivity index (χ2v) is 7.90. The van der Waals surface area contributed by atoms with Crippen molar-refractivity contribution >= 4 is 34.9 Å². The van der Waals surface area contributed by atoms with E-state index in [0.29, 0.717) is 24.3 Å². The topological polar surface area (TPSA) is 65.5 Å². The number of halogens is 1. The summed E-state index contributed by atoms with van der Waals surface area (Å²) in [4.78, 5) is 33.0. The summed E-state index contributed by atoms with van der Waals surface area (Å²) in [6.45, 7) is 4.05. The molecule has 3 aromatic rings. The summed E-state index contributed by atoms with van der Waals surface area (Å²) < 4.78 is 0. The fourth-order valence-electron chi connectivity index (χ4n) is 3.68. The number of rotatable bonds is 5. The Labute approximate surface area is 186 Å². The molecule has 1 aromatic heterocycles. The van der Waals surface area contributed by atoms with Gasteiger partial charge in [-0.1, -0.05) is 41.4 Å². The van der Waals surface area contributed by atoms with Crippen LogP contribution in [0.4, 0.5) is 16.2 Å². The van der Waals surface area contributed by atoms with Gasteiger partial charge in [0, 0.05) is 37.2 Å². The Bertz CT molecular complexity index is 1100. The van der Waals surface area contributed by atoms with E-state index in [1.54, 1.807) is 29.2 Å². The normalized spacial score (nSPS) is 13.9. The number of hydrogen-bond acceptors (Lipinski definition) is 3. The molecule has 0 unspecified atom stereocenters. The van der Waals surface area contributed by atoms with Gasteiger partial charge in [-0.3, -0.25) is 9.69 Å². The Kier molecular flexibility index (Phi) is 6.18. The van der Waals surface area contributed by atoms with Crippen LogP contribution in [-0.2, 0) is 6.54 Å². The maximum Gasteiger partial charge on any atom is 0.324 e. The highest BCUT2D eigenvalue weighted by Gasteiger charge is 2.26. The first-order chi connectivity index (χ1) is 15.0. The Morgan fingerprint density at radius 2 is 1.90 bits per heavy atom. The number of hydrogen-bond donors (Lipinski definition) is 1. The van der Waals surface area contributed by atoms with E-state index in [0.717, 1.165) is 24.2 Å². The molecule has 0 radical (unpaired) electrons. The van der Waals surface area contributed by atoms with E-state index < -0.39 is 0 Å². The highest BCUT2D eigenvalue weighted by molar-refractivity contribution is 6.33. The third-order valence-corrected chi connectivity index (χ3v) is 5.51. The van der Waals surface area contributed by atoms with Crippen molar-refractivity contribution in [1.82, 2.24) is 9.88 Å². The SMILES string of the molecule is Cc1cccc(CN2CCCN(c3ccc(NC(=O)c4cccnc4Cl)cc3)C2=O)c1. The van der Waals surface area contributed by atoms with E-state index in [-0.39, 0.29) is 17.1 Å². The van der Waals surface area contributed by atoms with Crippen molar-refractivity contribution in [2.24, 2.45) is 0 Å². The minimum absolute atomic E-state index is 0.00770. The summed E-state index contributed by atoms with van der Waals surface area (Å²) in [6.07, 6.45) is 2.43. The van der Waals surface area contributed by atoms with Crippen LogP contribution in [0.25, 0.3) is 0 Å². The number of urea groups is 1. The van der Waals surface area contributed by atoms with Crippen LogP contribution in [0, 0.1) is 6.92 Å². The monoisotopic (exact) mass is 434 g/mol. The summed E-state index contributed by atoms with van der Waals surface area (Å²) >= 11 is 5.99. The maximum atomic E-state index is 13.1. The molecule has 0 spiro atoms. The van der Waals surface area contributed by atoms with E-state index >= 15 is 0 Å². The Hall–Kier alpha value is -3.38. The Morgan fingerprint density at radius 1 is 1.10 bits per heavy atom. The molecule has 2 aromatic carbocycles. The smallest absolute Gasteiger partial charge is 0.322 e. The van der Waals surface area contributed by atoms with Crippen molar-refractivity contribution in [3.05, 3.63) is 88.7 Å². The van der Waals surface area contributed by atoms with Crippen LogP contribution in [-0.4, -0.2) is 34.9 Å². The summed E-state index contributed by atoms with van der Waals surface area (Å²) in [5.41, 5.74) is 4.05. The average molecular weight is 435 g/mol. The molecule has 31 heavy (non-hydrogen) atoms. The lowest BCUT2D eigenvalue weighted by Gasteiger charge is -2.35. The van der Waals surface area contributed by atoms with Gasteiger partial charge in [0.05, 0.1) is 5.56 Å². The van der Waals surface area contributed by atoms with Gasteiger partial charge >= 0.3 is 6.03 Å². The van der Waals surface area contributed by atoms with Gasteiger partial charge in [-0.15, -0.1) is 0 Å². The summed E-state index contributed by atoms with van der Waals surface area (Å²) in [5.74, 6) is -0.329. The van der Waals surface area contributed by atoms with Gasteiger partial charge in [-0.2, -0.15) is 0 Å². The van der Waals surface area contributed by atoms with Crippen LogP contribution in [0.1, 0.15) is 27.9 Å². The van der Waals surface area contributed by atoms with Gasteiger partial charge < -0.3 is 10.2 Å². The molecule has 2 heterocycles. The molecule has 1 aliphatic heterocycles. The molecule has 6 nitrogen and oxygen atoms in total. The van der Waals surface area contributed by atoms with Crippen molar-refractivity contribution in [1.29, 1.82) is 0 Å². The fraction of sp³-hybridized carbons (Fsp3) is 0.208. The minimum atomic E-state index is -0.329. The molecular formula is C24H23ClN4O2. The van der Waals surface area contributed by atoms with Crippen LogP contribution in [0.15, 0.2) is 66.9 Å². The van der Waals surface area contributed by atoms with E-state index in [4.69, 9.17) is 11.6 Å². The van der Waals surface area contributed by atoms with Gasteiger partial charge in [0.25, 0.3) is 5.91 Å². The largest absolute Gasteiger partial charge is 0.324 e. The minimum Gasteiger partial charge on any atom is -0.322 e. The summed E-state index contributed by atoms with van der Waals surface area (Å²) in [7, 11) is 0. The molecule has 7 heteroatoms. The number of nitrogens with zero attached hydrogens (tertiary/aromatic N) is 3. The third kappa shape index (κ3) is 4.86. The van der Waals surface area contributed by atoms with Crippen molar-refractivity contribution in [2.75, 3.05) is 23.3 Å². The molecule has 3 amide bonds. The van der Waals surface area contributed by atoms with Crippen LogP contribution >= 0.6 is 11.6 Å². The predicted octanol–water partition coefficient (Wildman–Crippen LogP) is 5.13. The van der Waals surface area contributed by atoms with Crippen LogP contribution in [0.5, 0.6) is 0 Å². The second kappa shape index (κ2) is 9.18. The van der Waals surface area contributed by atoms with Crippen molar-refractivity contribution in [3.63, 3.8) is 0 Å². The van der Waals surface area contributed by atoms with Crippen molar-refractivity contribution in [2.45, 2.75) is 19.9 Å². The number of amides is 3. The Morgan fingerprint density at radius 3 is 2.65 bits per heavy atom. The van der Waals surface area contributed by atoms with Crippen LogP contribution in [0.2, 0.25) is 5.15 Å². The molecule has 0 saturated carbocycles. The first kappa shape index (κ1) is 20.9. The van der Waals surface area contributed by atoms with Gasteiger partial charge in [0.15, 0.2) is 0 Å². The maximum absolute atomic E-state index is 13.1. The Balaban J connectivity index is 1.44. The second-order valence-electron chi connectivity index (χ2n) is 7.54. The van der Waals surface area contributed by atoms with Gasteiger partial charge in [-0.05, 0) is 55.3 Å². The zero-order chi connectivity index (χ0) is 21.8. The first-order valence-corrected chi connectivity index (χ1v) is 10.5. The number of nitrogens with one attached hydrogen (secondary N) is 1. The summed E-state index contributed by atoms with van der Waals surface area (Å²) in [6, 6.07) is 18.7. The fourth-order valence-corrected chi connectivity index (χ4v) is 3.88. The molecule has 1 fully saturated rings. The molecule has 1 N–H and O–H groups in total. The van der Waals surface area contributed by atoms with Gasteiger partial charge in [-0.25, -0.2) is 9.78 Å². The zero-order valence-corrected chi connectivity index (χ0v) is 18.0.